The number of nitrogens with zero attached hydrogens (tertiary/aromatic N) is 2. The largest absolute Gasteiger partial charge is 0.478 e. The quantitative estimate of drug-likeness (QED) is 0.830. The molecule has 0 bridgehead atoms. The van der Waals surface area contributed by atoms with E-state index in [1.165, 1.54) is 23.9 Å². The fraction of sp³-hybridized carbons (Fsp3) is 0.450. The van der Waals surface area contributed by atoms with Crippen molar-refractivity contribution in [3.8, 4) is 0 Å². The predicted molar refractivity (Wildman–Crippen MR) is 105 cm³/mol. The zero-order valence-corrected chi connectivity index (χ0v) is 16.6. The molecule has 2 heterocycles. The second-order valence-corrected chi connectivity index (χ2v) is 7.66. The summed E-state index contributed by atoms with van der Waals surface area (Å²) < 4.78 is 18.9. The summed E-state index contributed by atoms with van der Waals surface area (Å²) in [5, 5.41) is 10.5. The molecule has 1 N–H and O–H groups in total. The number of hydrogen-bond acceptors (Lipinski definition) is 5. The number of halogens is 1. The lowest BCUT2D eigenvalue weighted by molar-refractivity contribution is -0.132. The van der Waals surface area contributed by atoms with Gasteiger partial charge in [0, 0.05) is 19.1 Å². The van der Waals surface area contributed by atoms with Gasteiger partial charge in [-0.2, -0.15) is 0 Å². The fourth-order valence-electron chi connectivity index (χ4n) is 3.67. The standard InChI is InChI=1S/C20H25FN2O3S/c1-13-10-17(22-8-9-26-12-14(22)2)23(19(27-3)18(13)20(24)25)11-15-4-6-16(21)7-5-15/h4-7,10,14,17H,8-9,11-12H2,1-3H3,(H,24,25)/t14-,17?/m1/s1. The maximum atomic E-state index is 13.3. The molecule has 0 aromatic heterocycles. The second kappa shape index (κ2) is 8.46. The minimum absolute atomic E-state index is 0.0699. The number of thioether (sulfide) groups is 1. The number of hydrogen-bond donors (Lipinski definition) is 1. The summed E-state index contributed by atoms with van der Waals surface area (Å²) in [5.41, 5.74) is 2.04. The van der Waals surface area contributed by atoms with Gasteiger partial charge in [0.15, 0.2) is 0 Å². The van der Waals surface area contributed by atoms with Crippen LogP contribution >= 0.6 is 11.8 Å². The molecule has 0 saturated carbocycles. The van der Waals surface area contributed by atoms with Gasteiger partial charge in [-0.15, -0.1) is 11.8 Å². The molecular formula is C20H25FN2O3S. The Morgan fingerprint density at radius 1 is 1.37 bits per heavy atom. The van der Waals surface area contributed by atoms with E-state index in [0.29, 0.717) is 25.3 Å². The van der Waals surface area contributed by atoms with Crippen LogP contribution in [0.3, 0.4) is 0 Å². The minimum atomic E-state index is -0.925. The first-order valence-electron chi connectivity index (χ1n) is 8.97. The highest BCUT2D eigenvalue weighted by atomic mass is 32.2. The number of benzene rings is 1. The minimum Gasteiger partial charge on any atom is -0.478 e. The van der Waals surface area contributed by atoms with Crippen molar-refractivity contribution in [3.63, 3.8) is 0 Å². The molecule has 0 aliphatic carbocycles. The molecule has 1 unspecified atom stereocenters. The van der Waals surface area contributed by atoms with Crippen molar-refractivity contribution in [1.82, 2.24) is 9.80 Å². The van der Waals surface area contributed by atoms with Crippen molar-refractivity contribution in [2.75, 3.05) is 26.0 Å². The van der Waals surface area contributed by atoms with Crippen LogP contribution in [-0.4, -0.2) is 59.1 Å². The molecule has 2 aliphatic heterocycles. The molecule has 2 atom stereocenters. The number of rotatable bonds is 5. The van der Waals surface area contributed by atoms with Crippen LogP contribution in [0, 0.1) is 5.82 Å². The topological polar surface area (TPSA) is 53.0 Å². The van der Waals surface area contributed by atoms with E-state index in [1.807, 2.05) is 19.3 Å². The van der Waals surface area contributed by atoms with Gasteiger partial charge >= 0.3 is 5.97 Å². The zero-order valence-electron chi connectivity index (χ0n) is 15.8. The zero-order chi connectivity index (χ0) is 19.6. The molecule has 0 amide bonds. The lowest BCUT2D eigenvalue weighted by Gasteiger charge is -2.47. The van der Waals surface area contributed by atoms with Gasteiger partial charge in [0.25, 0.3) is 0 Å². The van der Waals surface area contributed by atoms with Crippen molar-refractivity contribution in [2.24, 2.45) is 0 Å². The Hall–Kier alpha value is -1.83. The average molecular weight is 392 g/mol. The summed E-state index contributed by atoms with van der Waals surface area (Å²) in [5.74, 6) is -1.20. The molecule has 7 heteroatoms. The highest BCUT2D eigenvalue weighted by Crippen LogP contribution is 2.36. The Morgan fingerprint density at radius 2 is 2.07 bits per heavy atom. The number of ether oxygens (including phenoxy) is 1. The number of carboxylic acid groups (broad SMARTS) is 1. The summed E-state index contributed by atoms with van der Waals surface area (Å²) in [4.78, 5) is 16.3. The van der Waals surface area contributed by atoms with Crippen molar-refractivity contribution in [2.45, 2.75) is 32.6 Å². The van der Waals surface area contributed by atoms with Gasteiger partial charge in [0.2, 0.25) is 0 Å². The average Bonchev–Trinajstić information content (AvgIpc) is 2.64. The van der Waals surface area contributed by atoms with Gasteiger partial charge in [-0.3, -0.25) is 4.90 Å². The monoisotopic (exact) mass is 392 g/mol. The SMILES string of the molecule is CSC1=C(C(=O)O)C(C)=CC(N2CCOC[C@H]2C)N1Cc1ccc(F)cc1. The summed E-state index contributed by atoms with van der Waals surface area (Å²) in [6, 6.07) is 6.59. The van der Waals surface area contributed by atoms with Crippen molar-refractivity contribution in [1.29, 1.82) is 0 Å². The Kier molecular flexibility index (Phi) is 6.24. The molecule has 1 fully saturated rings. The predicted octanol–water partition coefficient (Wildman–Crippen LogP) is 3.29. The van der Waals surface area contributed by atoms with E-state index >= 15 is 0 Å². The van der Waals surface area contributed by atoms with Crippen LogP contribution in [0.25, 0.3) is 0 Å². The Balaban J connectivity index is 2.02. The van der Waals surface area contributed by atoms with Gasteiger partial charge < -0.3 is 14.7 Å². The lowest BCUT2D eigenvalue weighted by Crippen LogP contribution is -2.55. The maximum Gasteiger partial charge on any atom is 0.338 e. The van der Waals surface area contributed by atoms with Crippen LogP contribution in [0.15, 0.2) is 46.5 Å². The van der Waals surface area contributed by atoms with Crippen LogP contribution in [0.2, 0.25) is 0 Å². The number of carbonyl (C=O) groups is 1. The molecule has 146 valence electrons. The Bertz CT molecular complexity index is 763. The van der Waals surface area contributed by atoms with Gasteiger partial charge in [0.05, 0.1) is 23.8 Å². The summed E-state index contributed by atoms with van der Waals surface area (Å²) in [6.07, 6.45) is 3.85. The molecule has 5 nitrogen and oxygen atoms in total. The third kappa shape index (κ3) is 4.20. The Labute approximate surface area is 163 Å². The summed E-state index contributed by atoms with van der Waals surface area (Å²) >= 11 is 1.44. The van der Waals surface area contributed by atoms with Gasteiger partial charge in [-0.25, -0.2) is 9.18 Å². The van der Waals surface area contributed by atoms with E-state index in [0.717, 1.165) is 22.7 Å². The Morgan fingerprint density at radius 3 is 2.67 bits per heavy atom. The van der Waals surface area contributed by atoms with Crippen molar-refractivity contribution >= 4 is 17.7 Å². The molecule has 0 radical (unpaired) electrons. The first-order chi connectivity index (χ1) is 12.9. The molecule has 1 aromatic carbocycles. The molecule has 0 spiro atoms. The maximum absolute atomic E-state index is 13.3. The molecule has 3 rings (SSSR count). The fourth-order valence-corrected chi connectivity index (χ4v) is 4.53. The van der Waals surface area contributed by atoms with E-state index in [-0.39, 0.29) is 18.0 Å². The van der Waals surface area contributed by atoms with Crippen LogP contribution in [0.5, 0.6) is 0 Å². The molecule has 2 aliphatic rings. The van der Waals surface area contributed by atoms with Crippen LogP contribution in [0.1, 0.15) is 19.4 Å². The summed E-state index contributed by atoms with van der Waals surface area (Å²) in [6.45, 7) is 6.56. The number of morpholine rings is 1. The first kappa shape index (κ1) is 19.9. The van der Waals surface area contributed by atoms with E-state index in [4.69, 9.17) is 4.74 Å². The number of aliphatic carboxylic acids is 1. The van der Waals surface area contributed by atoms with Gasteiger partial charge in [0.1, 0.15) is 12.0 Å². The molecule has 27 heavy (non-hydrogen) atoms. The third-order valence-corrected chi connectivity index (χ3v) is 5.85. The number of carboxylic acids is 1. The molecular weight excluding hydrogens is 367 g/mol. The highest BCUT2D eigenvalue weighted by Gasteiger charge is 2.36. The van der Waals surface area contributed by atoms with Crippen molar-refractivity contribution < 1.29 is 19.0 Å². The first-order valence-corrected chi connectivity index (χ1v) is 10.2. The van der Waals surface area contributed by atoms with E-state index in [2.05, 4.69) is 16.7 Å². The van der Waals surface area contributed by atoms with E-state index in [1.54, 1.807) is 12.1 Å². The van der Waals surface area contributed by atoms with E-state index < -0.39 is 5.97 Å². The van der Waals surface area contributed by atoms with Crippen molar-refractivity contribution in [3.05, 3.63) is 57.9 Å². The van der Waals surface area contributed by atoms with E-state index in [9.17, 15) is 14.3 Å². The molecule has 1 aromatic rings. The third-order valence-electron chi connectivity index (χ3n) is 5.02. The highest BCUT2D eigenvalue weighted by molar-refractivity contribution is 8.02. The van der Waals surface area contributed by atoms with Gasteiger partial charge in [-0.05, 0) is 49.4 Å². The van der Waals surface area contributed by atoms with Crippen LogP contribution in [-0.2, 0) is 16.1 Å². The summed E-state index contributed by atoms with van der Waals surface area (Å²) in [7, 11) is 0. The lowest BCUT2D eigenvalue weighted by atomic mass is 10.0. The normalized spacial score (nSPS) is 24.1. The van der Waals surface area contributed by atoms with Crippen LogP contribution < -0.4 is 0 Å². The smallest absolute Gasteiger partial charge is 0.338 e. The molecule has 1 saturated heterocycles. The van der Waals surface area contributed by atoms with Gasteiger partial charge in [-0.1, -0.05) is 12.1 Å². The van der Waals surface area contributed by atoms with Crippen LogP contribution in [0.4, 0.5) is 4.39 Å². The second-order valence-electron chi connectivity index (χ2n) is 6.87.